The fourth-order valence-corrected chi connectivity index (χ4v) is 16.4. The summed E-state index contributed by atoms with van der Waals surface area (Å²) in [5.74, 6) is -2.30. The van der Waals surface area contributed by atoms with Gasteiger partial charge in [0.15, 0.2) is 12.4 Å². The number of anilines is 1. The monoisotopic (exact) mass is 1970 g/mol. The first-order valence-corrected chi connectivity index (χ1v) is 50.5. The third kappa shape index (κ3) is 33.3. The van der Waals surface area contributed by atoms with E-state index in [1.54, 1.807) is 104 Å². The summed E-state index contributed by atoms with van der Waals surface area (Å²) in [7, 11) is -7.65. The van der Waals surface area contributed by atoms with Gasteiger partial charge >= 0.3 is 31.6 Å². The number of halogens is 7. The largest absolute Gasteiger partial charge is 0.474 e. The molecule has 0 saturated heterocycles. The van der Waals surface area contributed by atoms with Crippen LogP contribution in [0.1, 0.15) is 223 Å². The Labute approximate surface area is 787 Å². The van der Waals surface area contributed by atoms with Crippen molar-refractivity contribution >= 4 is 126 Å². The Hall–Kier alpha value is -10.5. The van der Waals surface area contributed by atoms with Gasteiger partial charge in [-0.15, -0.1) is 8.42 Å². The second kappa shape index (κ2) is 46.0. The molecule has 708 valence electrons. The Bertz CT molecular complexity index is 6350. The first-order chi connectivity index (χ1) is 61.8. The van der Waals surface area contributed by atoms with Crippen LogP contribution in [0.25, 0.3) is 17.1 Å². The number of pyridine rings is 1. The van der Waals surface area contributed by atoms with Gasteiger partial charge in [-0.1, -0.05) is 119 Å². The lowest BCUT2D eigenvalue weighted by atomic mass is 9.92. The van der Waals surface area contributed by atoms with E-state index in [1.807, 2.05) is 110 Å². The second-order valence-electron chi connectivity index (χ2n) is 34.3. The molecule has 3 saturated carbocycles. The lowest BCUT2D eigenvalue weighted by Crippen LogP contribution is -2.52. The number of ketones is 3. The van der Waals surface area contributed by atoms with Gasteiger partial charge in [-0.05, 0) is 231 Å². The van der Waals surface area contributed by atoms with E-state index in [2.05, 4.69) is 33.3 Å². The Morgan fingerprint density at radius 2 is 0.841 bits per heavy atom. The van der Waals surface area contributed by atoms with Crippen LogP contribution in [0.4, 0.5) is 28.4 Å². The molecule has 13 rings (SSSR count). The van der Waals surface area contributed by atoms with Gasteiger partial charge in [-0.2, -0.15) is 28.4 Å². The quantitative estimate of drug-likeness (QED) is 0.0128. The zero-order valence-electron chi connectivity index (χ0n) is 74.6. The van der Waals surface area contributed by atoms with Crippen LogP contribution in [-0.4, -0.2) is 135 Å². The molecule has 29 nitrogen and oxygen atoms in total. The number of amides is 2. The van der Waals surface area contributed by atoms with Crippen LogP contribution >= 0.6 is 45.5 Å². The van der Waals surface area contributed by atoms with Gasteiger partial charge in [0.2, 0.25) is 20.0 Å². The summed E-state index contributed by atoms with van der Waals surface area (Å²) < 4.78 is 155. The van der Waals surface area contributed by atoms with Crippen molar-refractivity contribution in [2.45, 2.75) is 205 Å². The van der Waals surface area contributed by atoms with Gasteiger partial charge in [-0.3, -0.25) is 14.4 Å². The van der Waals surface area contributed by atoms with Crippen molar-refractivity contribution in [3.05, 3.63) is 270 Å². The molecule has 3 unspecified atom stereocenters. The molecule has 0 aliphatic heterocycles. The van der Waals surface area contributed by atoms with Crippen LogP contribution in [0, 0.1) is 17.5 Å². The molecule has 0 bridgehead atoms. The van der Waals surface area contributed by atoms with E-state index >= 15 is 0 Å². The molecule has 3 aliphatic carbocycles. The molecule has 10 aromatic rings. The molecule has 0 radical (unpaired) electrons. The van der Waals surface area contributed by atoms with Gasteiger partial charge in [0.25, 0.3) is 6.08 Å². The number of nitrogens with two attached hydrogens (primary N) is 2. The van der Waals surface area contributed by atoms with Crippen molar-refractivity contribution in [1.82, 2.24) is 38.8 Å². The highest BCUT2D eigenvalue weighted by molar-refractivity contribution is 8.12. The molecule has 0 spiro atoms. The number of Topliss-reactive ketones (excluding diaryl/α,β-unsaturated/α-hetero) is 3. The normalized spacial score (nSPS) is 14.0. The maximum atomic E-state index is 14.9. The van der Waals surface area contributed by atoms with E-state index < -0.39 is 92.1 Å². The Morgan fingerprint density at radius 3 is 1.12 bits per heavy atom. The molecule has 3 aliphatic rings. The number of isocyanates is 1. The third-order valence-electron chi connectivity index (χ3n) is 21.1. The van der Waals surface area contributed by atoms with Crippen molar-refractivity contribution in [2.24, 2.45) is 15.3 Å². The molecule has 6 aromatic carbocycles. The van der Waals surface area contributed by atoms with Gasteiger partial charge in [0.1, 0.15) is 46.0 Å². The van der Waals surface area contributed by atoms with Crippen LogP contribution in [0.3, 0.4) is 0 Å². The predicted octanol–water partition coefficient (Wildman–Crippen LogP) is 16.7. The molecule has 2 amide bonds. The lowest BCUT2D eigenvalue weighted by Gasteiger charge is -2.19. The van der Waals surface area contributed by atoms with Crippen LogP contribution < -0.4 is 29.2 Å². The number of aromatic nitrogens is 7. The van der Waals surface area contributed by atoms with Gasteiger partial charge in [-0.25, -0.2) is 68.3 Å². The number of carbonyl (C=O) groups excluding carboxylic acids is 6. The van der Waals surface area contributed by atoms with E-state index in [1.165, 1.54) is 42.7 Å². The Kier molecular flexibility index (Phi) is 36.6. The maximum absolute atomic E-state index is 14.9. The van der Waals surface area contributed by atoms with E-state index in [-0.39, 0.29) is 78.2 Å². The molecule has 40 heteroatoms. The van der Waals surface area contributed by atoms with Crippen molar-refractivity contribution < 1.29 is 89.1 Å². The number of carbonyl (C=O) groups is 5. The molecule has 6 N–H and O–H groups in total. The summed E-state index contributed by atoms with van der Waals surface area (Å²) in [6, 6.07) is 45.7. The minimum atomic E-state index is -4.03. The predicted molar refractivity (Wildman–Crippen MR) is 500 cm³/mol. The minimum absolute atomic E-state index is 0.00983. The molecule has 4 aromatic heterocycles. The number of benzene rings is 6. The summed E-state index contributed by atoms with van der Waals surface area (Å²) in [5.41, 5.74) is 15.9. The zero-order chi connectivity index (χ0) is 97.1. The van der Waals surface area contributed by atoms with Crippen molar-refractivity contribution in [3.63, 3.8) is 0 Å². The second-order valence-corrected chi connectivity index (χ2v) is 42.9. The van der Waals surface area contributed by atoms with Crippen LogP contribution in [0.2, 0.25) is 15.1 Å². The summed E-state index contributed by atoms with van der Waals surface area (Å²) in [5, 5.41) is 21.2. The fraction of sp³-hybridized carbons (Fsp3) is 0.391. The van der Waals surface area contributed by atoms with E-state index in [9.17, 15) is 70.8 Å². The zero-order valence-corrected chi connectivity index (χ0v) is 80.9. The number of rotatable bonds is 33. The van der Waals surface area contributed by atoms with Crippen molar-refractivity contribution in [3.8, 4) is 17.1 Å². The first-order valence-electron chi connectivity index (χ1n) is 42.2. The molecular weight excluding hydrogens is 1870 g/mol. The number of sulfonamides is 2. The highest BCUT2D eigenvalue weighted by Gasteiger charge is 2.34. The summed E-state index contributed by atoms with van der Waals surface area (Å²) in [6.45, 7) is 15.2. The topological polar surface area (TPSA) is 406 Å². The van der Waals surface area contributed by atoms with Gasteiger partial charge in [0.05, 0.1) is 45.6 Å². The average molecular weight is 1980 g/mol. The molecule has 132 heavy (non-hydrogen) atoms. The Morgan fingerprint density at radius 1 is 0.508 bits per heavy atom. The summed E-state index contributed by atoms with van der Waals surface area (Å²) >= 11 is 18.5. The average Bonchev–Trinajstić information content (AvgIpc) is 1.65. The van der Waals surface area contributed by atoms with E-state index in [0.717, 1.165) is 105 Å². The van der Waals surface area contributed by atoms with E-state index in [4.69, 9.17) is 75.2 Å². The number of ether oxygens (including phenoxy) is 2. The number of hydrogen-bond acceptors (Lipinski definition) is 21. The van der Waals surface area contributed by atoms with Crippen LogP contribution in [0.5, 0.6) is 0 Å². The van der Waals surface area contributed by atoms with Gasteiger partial charge < -0.3 is 20.1 Å². The highest BCUT2D eigenvalue weighted by Crippen LogP contribution is 2.43. The van der Waals surface area contributed by atoms with Crippen molar-refractivity contribution in [1.29, 1.82) is 0 Å². The number of nitrogens with one attached hydrogen (secondary N) is 2. The third-order valence-corrected chi connectivity index (χ3v) is 25.5. The minimum Gasteiger partial charge on any atom is -0.443 e. The molecular formula is C92H107Cl4F3N13O16S4+. The maximum Gasteiger partial charge on any atom is 0.474 e. The highest BCUT2D eigenvalue weighted by atomic mass is 35.7. The summed E-state index contributed by atoms with van der Waals surface area (Å²) in [4.78, 5) is 73.1. The van der Waals surface area contributed by atoms with Crippen LogP contribution in [0.15, 0.2) is 175 Å². The lowest BCUT2D eigenvalue weighted by molar-refractivity contribution is -0.512. The number of nitrogens with zero attached hydrogens (tertiary/aromatic N) is 9. The standard InChI is InChI=1S/C30H35ClFN3O5S.C25H27ClFN3O3S.C24H25ClFN3O.C12H19N3O4S.CClNO3S/c1-19(22-11-8-20(26(32)16-22)14-15-41(38,39)34-29(37)40-30(2,3)4)28(36)13-12-25-18-27(21-9-10-21)33-35(25)24-7-5-6-23(31)17-24;1-16(19-8-5-17(23(27)13-19)11-12-34(28,32)33)25(31)10-9-22-15-24(18-6-7-18)29-30(22)21-4-2-3-20(26)14-21;1-15(17-7-8-18(14-27)22(26)11-17)24(30)10-9-21-13-23(16-5-6-16)28-29(21)20-4-2-3-19(25)12-20;1-12(2,3)19-11(16)13-20(17,18)15-8-6-10(7-9-15)14(4)5;2-7(5,6)3-1-4/h5-8,11,16-19,21H,9-10,12-15H2,1-4H3,(H,34,37);2-5,8,13-16,18H,6-7,9-12H2,1H3,(H2,28,32,33);2-4,7-8,11-13,15-16H,5-6,9-10,14,27H2,1H3;6-9H,1-5H3;/p+1. The first kappa shape index (κ1) is 105. The number of hydrogen-bond donors (Lipinski definition) is 4. The van der Waals surface area contributed by atoms with E-state index in [0.29, 0.717) is 80.8 Å². The smallest absolute Gasteiger partial charge is 0.443 e. The van der Waals surface area contributed by atoms with Crippen LogP contribution in [-0.2, 0) is 107 Å². The number of aryl methyl sites for hydroxylation is 5. The fourth-order valence-electron chi connectivity index (χ4n) is 13.5. The SMILES string of the molecule is CC(C(=O)CCc1cc(C2CC2)nn1-c1cccc(Cl)c1)c1ccc(CCS(=O)(=O)NC(=O)OC(C)(C)C)c(F)c1.CC(C(=O)CCc1cc(C2CC2)nn1-c1cccc(Cl)c1)c1ccc(CCS(N)(=O)=O)c(F)c1.CC(C(=O)CCc1cc(C2CC2)nn1-c1cccc(Cl)c1)c1ccc(CN)c(F)c1.CN(C)c1cc[n+](S(=O)(=O)NC(=O)OC(C)(C)C)cc1.O=C=NS(=O)(=O)Cl. The van der Waals surface area contributed by atoms with Crippen molar-refractivity contribution in [2.75, 3.05) is 30.5 Å². The molecule has 3 atom stereocenters. The van der Waals surface area contributed by atoms with Gasteiger partial charge in [0, 0.05) is 142 Å². The Balaban J connectivity index is 0.000000198. The molecule has 4 heterocycles. The number of primary sulfonamides is 1. The molecule has 3 fully saturated rings. The summed E-state index contributed by atoms with van der Waals surface area (Å²) in [6.07, 6.45) is 10.4.